The highest BCUT2D eigenvalue weighted by molar-refractivity contribution is 6.15. The molecule has 0 aliphatic rings. The quantitative estimate of drug-likeness (QED) is 0.584. The van der Waals surface area contributed by atoms with Crippen molar-refractivity contribution in [2.75, 3.05) is 14.2 Å². The lowest BCUT2D eigenvalue weighted by atomic mass is 10.0. The summed E-state index contributed by atoms with van der Waals surface area (Å²) in [5.41, 5.74) is 0.847. The van der Waals surface area contributed by atoms with E-state index in [1.54, 1.807) is 6.92 Å². The van der Waals surface area contributed by atoms with E-state index in [1.807, 2.05) is 0 Å². The van der Waals surface area contributed by atoms with Crippen LogP contribution in [0, 0.1) is 12.7 Å². The van der Waals surface area contributed by atoms with Gasteiger partial charge in [0, 0.05) is 11.6 Å². The number of esters is 1. The Hall–Kier alpha value is -1.84. The van der Waals surface area contributed by atoms with Gasteiger partial charge in [-0.1, -0.05) is 6.58 Å². The van der Waals surface area contributed by atoms with Crippen molar-refractivity contribution in [3.63, 3.8) is 0 Å². The van der Waals surface area contributed by atoms with Crippen molar-refractivity contribution >= 4 is 11.5 Å². The van der Waals surface area contributed by atoms with Crippen LogP contribution < -0.4 is 4.74 Å². The second-order valence-electron chi connectivity index (χ2n) is 3.27. The number of methoxy groups -OCH3 is 2. The van der Waals surface area contributed by atoms with E-state index in [-0.39, 0.29) is 11.1 Å². The first-order valence-electron chi connectivity index (χ1n) is 4.63. The van der Waals surface area contributed by atoms with Crippen molar-refractivity contribution in [2.45, 2.75) is 6.92 Å². The summed E-state index contributed by atoms with van der Waals surface area (Å²) in [6.45, 7) is 5.25. The number of hydrogen-bond acceptors (Lipinski definition) is 3. The summed E-state index contributed by atoms with van der Waals surface area (Å²) in [6, 6.07) is 2.73. The van der Waals surface area contributed by atoms with E-state index in [1.165, 1.54) is 26.4 Å². The number of hydrogen-bond donors (Lipinski definition) is 0. The van der Waals surface area contributed by atoms with E-state index >= 15 is 0 Å². The average Bonchev–Trinajstić information content (AvgIpc) is 2.29. The van der Waals surface area contributed by atoms with Crippen molar-refractivity contribution in [1.82, 2.24) is 0 Å². The Kier molecular flexibility index (Phi) is 3.66. The van der Waals surface area contributed by atoms with Gasteiger partial charge in [-0.25, -0.2) is 9.18 Å². The Labute approximate surface area is 93.5 Å². The van der Waals surface area contributed by atoms with Crippen LogP contribution in [0.3, 0.4) is 0 Å². The molecule has 0 unspecified atom stereocenters. The molecular formula is C12H13FO3. The Morgan fingerprint density at radius 2 is 2.00 bits per heavy atom. The average molecular weight is 224 g/mol. The van der Waals surface area contributed by atoms with Gasteiger partial charge in [0.25, 0.3) is 0 Å². The molecule has 1 rings (SSSR count). The minimum Gasteiger partial charge on any atom is -0.496 e. The lowest BCUT2D eigenvalue weighted by Gasteiger charge is -2.09. The van der Waals surface area contributed by atoms with Crippen molar-refractivity contribution < 1.29 is 18.7 Å². The topological polar surface area (TPSA) is 35.5 Å². The van der Waals surface area contributed by atoms with Crippen molar-refractivity contribution in [2.24, 2.45) is 0 Å². The number of halogens is 1. The van der Waals surface area contributed by atoms with Gasteiger partial charge in [-0.15, -0.1) is 0 Å². The lowest BCUT2D eigenvalue weighted by Crippen LogP contribution is -2.05. The van der Waals surface area contributed by atoms with Gasteiger partial charge in [0.1, 0.15) is 11.6 Å². The molecule has 0 amide bonds. The van der Waals surface area contributed by atoms with Gasteiger partial charge in [0.2, 0.25) is 0 Å². The van der Waals surface area contributed by atoms with Gasteiger partial charge in [0.15, 0.2) is 0 Å². The molecule has 0 N–H and O–H groups in total. The van der Waals surface area contributed by atoms with Gasteiger partial charge in [-0.05, 0) is 18.6 Å². The maximum Gasteiger partial charge on any atom is 0.337 e. The normalized spacial score (nSPS) is 9.75. The van der Waals surface area contributed by atoms with E-state index in [0.717, 1.165) is 5.56 Å². The molecule has 0 atom stereocenters. The van der Waals surface area contributed by atoms with Crippen LogP contribution >= 0.6 is 0 Å². The van der Waals surface area contributed by atoms with Gasteiger partial charge in [-0.2, -0.15) is 0 Å². The Bertz CT molecular complexity index is 438. The molecule has 0 saturated carbocycles. The third-order valence-corrected chi connectivity index (χ3v) is 2.24. The van der Waals surface area contributed by atoms with Crippen LogP contribution in [0.15, 0.2) is 18.7 Å². The minimum atomic E-state index is -0.650. The third-order valence-electron chi connectivity index (χ3n) is 2.24. The highest BCUT2D eigenvalue weighted by Gasteiger charge is 2.16. The molecule has 0 heterocycles. The predicted molar refractivity (Wildman–Crippen MR) is 58.7 cm³/mol. The monoisotopic (exact) mass is 224 g/mol. The summed E-state index contributed by atoms with van der Waals surface area (Å²) >= 11 is 0. The Morgan fingerprint density at radius 3 is 2.50 bits per heavy atom. The second kappa shape index (κ2) is 4.79. The Balaban J connectivity index is 3.21. The fraction of sp³-hybridized carbons (Fsp3) is 0.250. The maximum atomic E-state index is 13.6. The number of aryl methyl sites for hydroxylation is 1. The number of rotatable bonds is 3. The third kappa shape index (κ3) is 2.21. The number of ether oxygens (including phenoxy) is 2. The van der Waals surface area contributed by atoms with E-state index in [2.05, 4.69) is 11.3 Å². The predicted octanol–water partition coefficient (Wildman–Crippen LogP) is 2.33. The molecule has 0 aliphatic heterocycles. The smallest absolute Gasteiger partial charge is 0.337 e. The van der Waals surface area contributed by atoms with Gasteiger partial charge < -0.3 is 9.47 Å². The molecule has 16 heavy (non-hydrogen) atoms. The van der Waals surface area contributed by atoms with Crippen LogP contribution in [0.25, 0.3) is 5.57 Å². The fourth-order valence-corrected chi connectivity index (χ4v) is 1.35. The van der Waals surface area contributed by atoms with Crippen LogP contribution in [0.5, 0.6) is 5.75 Å². The van der Waals surface area contributed by atoms with E-state index in [9.17, 15) is 9.18 Å². The first kappa shape index (κ1) is 12.2. The summed E-state index contributed by atoms with van der Waals surface area (Å²) in [5.74, 6) is -0.778. The highest BCUT2D eigenvalue weighted by atomic mass is 19.1. The molecule has 3 nitrogen and oxygen atoms in total. The van der Waals surface area contributed by atoms with Gasteiger partial charge >= 0.3 is 5.97 Å². The Morgan fingerprint density at radius 1 is 1.38 bits per heavy atom. The molecule has 86 valence electrons. The SMILES string of the molecule is C=C(C(=O)OC)c1cc(C)c(OC)cc1F. The van der Waals surface area contributed by atoms with Crippen LogP contribution in [0.1, 0.15) is 11.1 Å². The van der Waals surface area contributed by atoms with Crippen LogP contribution in [-0.4, -0.2) is 20.2 Å². The summed E-state index contributed by atoms with van der Waals surface area (Å²) in [4.78, 5) is 11.2. The first-order valence-corrected chi connectivity index (χ1v) is 4.63. The van der Waals surface area contributed by atoms with Gasteiger partial charge in [0.05, 0.1) is 19.8 Å². The van der Waals surface area contributed by atoms with Crippen molar-refractivity contribution in [3.8, 4) is 5.75 Å². The molecule has 0 fully saturated rings. The molecule has 0 bridgehead atoms. The van der Waals surface area contributed by atoms with Crippen LogP contribution in [-0.2, 0) is 9.53 Å². The van der Waals surface area contributed by atoms with E-state index in [4.69, 9.17) is 4.74 Å². The van der Waals surface area contributed by atoms with Crippen LogP contribution in [0.2, 0.25) is 0 Å². The fourth-order valence-electron chi connectivity index (χ4n) is 1.35. The second-order valence-corrected chi connectivity index (χ2v) is 3.27. The lowest BCUT2D eigenvalue weighted by molar-refractivity contribution is -0.133. The molecule has 0 saturated heterocycles. The molecule has 4 heteroatoms. The zero-order valence-electron chi connectivity index (χ0n) is 9.46. The van der Waals surface area contributed by atoms with E-state index in [0.29, 0.717) is 5.75 Å². The molecule has 0 spiro atoms. The zero-order valence-corrected chi connectivity index (χ0v) is 9.46. The highest BCUT2D eigenvalue weighted by Crippen LogP contribution is 2.26. The first-order chi connectivity index (χ1) is 7.51. The number of carbonyl (C=O) groups excluding carboxylic acids is 1. The summed E-state index contributed by atoms with van der Waals surface area (Å²) in [5, 5.41) is 0. The summed E-state index contributed by atoms with van der Waals surface area (Å²) < 4.78 is 23.1. The minimum absolute atomic E-state index is 0.00856. The number of carbonyl (C=O) groups is 1. The van der Waals surface area contributed by atoms with Crippen molar-refractivity contribution in [1.29, 1.82) is 0 Å². The maximum absolute atomic E-state index is 13.6. The molecule has 1 aromatic carbocycles. The molecule has 0 aromatic heterocycles. The standard InChI is InChI=1S/C12H13FO3/c1-7-5-9(8(2)12(14)16-4)10(13)6-11(7)15-3/h5-6H,2H2,1,3-4H3. The molecular weight excluding hydrogens is 211 g/mol. The molecule has 0 aliphatic carbocycles. The summed E-state index contributed by atoms with van der Waals surface area (Å²) in [7, 11) is 2.68. The van der Waals surface area contributed by atoms with Crippen molar-refractivity contribution in [3.05, 3.63) is 35.7 Å². The van der Waals surface area contributed by atoms with Crippen LogP contribution in [0.4, 0.5) is 4.39 Å². The van der Waals surface area contributed by atoms with E-state index < -0.39 is 11.8 Å². The van der Waals surface area contributed by atoms with Gasteiger partial charge in [-0.3, -0.25) is 0 Å². The zero-order chi connectivity index (χ0) is 12.3. The molecule has 0 radical (unpaired) electrons. The largest absolute Gasteiger partial charge is 0.496 e. The summed E-state index contributed by atoms with van der Waals surface area (Å²) in [6.07, 6.45) is 0. The molecule has 1 aromatic rings. The number of benzene rings is 1.